The summed E-state index contributed by atoms with van der Waals surface area (Å²) in [6, 6.07) is 10.9. The summed E-state index contributed by atoms with van der Waals surface area (Å²) < 4.78 is 26.6. The molecule has 6 heteroatoms. The van der Waals surface area contributed by atoms with Crippen LogP contribution in [0, 0.1) is 17.6 Å². The fourth-order valence-electron chi connectivity index (χ4n) is 3.23. The summed E-state index contributed by atoms with van der Waals surface area (Å²) >= 11 is 0. The molecule has 0 spiro atoms. The van der Waals surface area contributed by atoms with E-state index in [-0.39, 0.29) is 18.2 Å². The van der Waals surface area contributed by atoms with Crippen LogP contribution in [0.15, 0.2) is 48.5 Å². The smallest absolute Gasteiger partial charge is 0.229 e. The zero-order valence-electron chi connectivity index (χ0n) is 13.7. The Labute approximate surface area is 144 Å². The Balaban J connectivity index is 1.87. The number of amides is 2. The summed E-state index contributed by atoms with van der Waals surface area (Å²) in [6.45, 7) is 0. The van der Waals surface area contributed by atoms with Crippen molar-refractivity contribution in [2.75, 3.05) is 12.4 Å². The molecule has 1 saturated heterocycles. The van der Waals surface area contributed by atoms with Crippen molar-refractivity contribution in [3.8, 4) is 0 Å². The first-order valence-corrected chi connectivity index (χ1v) is 8.03. The fourth-order valence-corrected chi connectivity index (χ4v) is 3.23. The first-order chi connectivity index (χ1) is 12.0. The van der Waals surface area contributed by atoms with E-state index in [2.05, 4.69) is 5.32 Å². The number of anilines is 1. The van der Waals surface area contributed by atoms with Gasteiger partial charge in [-0.05, 0) is 48.4 Å². The molecule has 1 aliphatic rings. The van der Waals surface area contributed by atoms with Crippen LogP contribution >= 0.6 is 0 Å². The molecule has 2 aromatic rings. The number of rotatable bonds is 3. The van der Waals surface area contributed by atoms with E-state index in [1.807, 2.05) is 0 Å². The second kappa shape index (κ2) is 7.01. The van der Waals surface area contributed by atoms with Gasteiger partial charge in [-0.3, -0.25) is 9.59 Å². The molecule has 2 atom stereocenters. The summed E-state index contributed by atoms with van der Waals surface area (Å²) in [5.41, 5.74) is 1.05. The van der Waals surface area contributed by atoms with Crippen LogP contribution in [-0.2, 0) is 9.59 Å². The minimum Gasteiger partial charge on any atom is -0.338 e. The standard InChI is InChI=1S/C19H18F2N2O2/c1-23-17(24)10-9-16(18(23)12-3-2-4-14(21)11-12)19(25)22-15-7-5-13(20)6-8-15/h2-8,11,16,18H,9-10H2,1H3,(H,22,25)/t16-,18-/m1/s1. The van der Waals surface area contributed by atoms with Crippen LogP contribution in [0.5, 0.6) is 0 Å². The fraction of sp³-hybridized carbons (Fsp3) is 0.263. The first kappa shape index (κ1) is 17.1. The van der Waals surface area contributed by atoms with Crippen molar-refractivity contribution in [1.29, 1.82) is 0 Å². The Bertz CT molecular complexity index is 792. The van der Waals surface area contributed by atoms with Gasteiger partial charge >= 0.3 is 0 Å². The van der Waals surface area contributed by atoms with E-state index in [1.165, 1.54) is 41.3 Å². The molecular formula is C19H18F2N2O2. The van der Waals surface area contributed by atoms with E-state index in [0.29, 0.717) is 17.7 Å². The lowest BCUT2D eigenvalue weighted by molar-refractivity contribution is -0.140. The highest BCUT2D eigenvalue weighted by Crippen LogP contribution is 2.36. The molecular weight excluding hydrogens is 326 g/mol. The van der Waals surface area contributed by atoms with Crippen LogP contribution in [-0.4, -0.2) is 23.8 Å². The lowest BCUT2D eigenvalue weighted by Crippen LogP contribution is -2.44. The first-order valence-electron chi connectivity index (χ1n) is 8.03. The van der Waals surface area contributed by atoms with E-state index in [4.69, 9.17) is 0 Å². The van der Waals surface area contributed by atoms with Crippen LogP contribution in [0.2, 0.25) is 0 Å². The number of hydrogen-bond acceptors (Lipinski definition) is 2. The molecule has 0 aromatic heterocycles. The summed E-state index contributed by atoms with van der Waals surface area (Å²) in [5.74, 6) is -1.69. The molecule has 1 N–H and O–H groups in total. The second-order valence-corrected chi connectivity index (χ2v) is 6.15. The van der Waals surface area contributed by atoms with Crippen LogP contribution in [0.25, 0.3) is 0 Å². The molecule has 0 unspecified atom stereocenters. The van der Waals surface area contributed by atoms with Gasteiger partial charge in [0.15, 0.2) is 0 Å². The molecule has 1 fully saturated rings. The number of nitrogens with zero attached hydrogens (tertiary/aromatic N) is 1. The predicted octanol–water partition coefficient (Wildman–Crippen LogP) is 3.51. The predicted molar refractivity (Wildman–Crippen MR) is 89.7 cm³/mol. The maximum atomic E-state index is 13.6. The molecule has 4 nitrogen and oxygen atoms in total. The topological polar surface area (TPSA) is 49.4 Å². The number of carbonyl (C=O) groups excluding carboxylic acids is 2. The zero-order chi connectivity index (χ0) is 18.0. The highest BCUT2D eigenvalue weighted by Gasteiger charge is 2.39. The largest absolute Gasteiger partial charge is 0.338 e. The van der Waals surface area contributed by atoms with Crippen molar-refractivity contribution < 1.29 is 18.4 Å². The molecule has 2 aromatic carbocycles. The third kappa shape index (κ3) is 3.68. The minimum atomic E-state index is -0.544. The Morgan fingerprint density at radius 2 is 1.84 bits per heavy atom. The van der Waals surface area contributed by atoms with Gasteiger partial charge in [0.1, 0.15) is 11.6 Å². The van der Waals surface area contributed by atoms with Crippen molar-refractivity contribution in [2.45, 2.75) is 18.9 Å². The zero-order valence-corrected chi connectivity index (χ0v) is 13.7. The SMILES string of the molecule is CN1C(=O)CC[C@@H](C(=O)Nc2ccc(F)cc2)[C@H]1c1cccc(F)c1. The van der Waals surface area contributed by atoms with Crippen molar-refractivity contribution in [3.63, 3.8) is 0 Å². The molecule has 2 amide bonds. The lowest BCUT2D eigenvalue weighted by Gasteiger charge is -2.38. The van der Waals surface area contributed by atoms with Gasteiger partial charge < -0.3 is 10.2 Å². The summed E-state index contributed by atoms with van der Waals surface area (Å²) in [7, 11) is 1.62. The van der Waals surface area contributed by atoms with E-state index in [0.717, 1.165) is 0 Å². The van der Waals surface area contributed by atoms with Crippen molar-refractivity contribution >= 4 is 17.5 Å². The normalized spacial score (nSPS) is 20.4. The Morgan fingerprint density at radius 3 is 2.52 bits per heavy atom. The molecule has 0 aliphatic carbocycles. The second-order valence-electron chi connectivity index (χ2n) is 6.15. The third-order valence-corrected chi connectivity index (χ3v) is 4.50. The average molecular weight is 344 g/mol. The van der Waals surface area contributed by atoms with Gasteiger partial charge in [-0.2, -0.15) is 0 Å². The number of nitrogens with one attached hydrogen (secondary N) is 1. The molecule has 0 saturated carbocycles. The number of piperidine rings is 1. The van der Waals surface area contributed by atoms with Crippen molar-refractivity contribution in [3.05, 3.63) is 65.7 Å². The summed E-state index contributed by atoms with van der Waals surface area (Å²) in [6.07, 6.45) is 0.626. The van der Waals surface area contributed by atoms with Crippen molar-refractivity contribution in [1.82, 2.24) is 4.90 Å². The molecule has 0 bridgehead atoms. The molecule has 0 radical (unpaired) electrons. The number of carbonyl (C=O) groups is 2. The Hall–Kier alpha value is -2.76. The number of hydrogen-bond donors (Lipinski definition) is 1. The van der Waals surface area contributed by atoms with Crippen LogP contribution in [0.1, 0.15) is 24.4 Å². The van der Waals surface area contributed by atoms with E-state index < -0.39 is 23.6 Å². The minimum absolute atomic E-state index is 0.0832. The van der Waals surface area contributed by atoms with Gasteiger partial charge in [0, 0.05) is 19.2 Å². The molecule has 25 heavy (non-hydrogen) atoms. The summed E-state index contributed by atoms with van der Waals surface area (Å²) in [4.78, 5) is 26.3. The maximum Gasteiger partial charge on any atom is 0.229 e. The van der Waals surface area contributed by atoms with E-state index in [9.17, 15) is 18.4 Å². The Morgan fingerprint density at radius 1 is 1.12 bits per heavy atom. The molecule has 3 rings (SSSR count). The van der Waals surface area contributed by atoms with Crippen LogP contribution in [0.4, 0.5) is 14.5 Å². The van der Waals surface area contributed by atoms with E-state index >= 15 is 0 Å². The number of benzene rings is 2. The number of halogens is 2. The average Bonchev–Trinajstić information content (AvgIpc) is 2.59. The Kier molecular flexibility index (Phi) is 4.79. The van der Waals surface area contributed by atoms with E-state index in [1.54, 1.807) is 19.2 Å². The molecule has 130 valence electrons. The van der Waals surface area contributed by atoms with Gasteiger partial charge in [0.2, 0.25) is 11.8 Å². The molecule has 1 heterocycles. The lowest BCUT2D eigenvalue weighted by atomic mass is 9.84. The monoisotopic (exact) mass is 344 g/mol. The van der Waals surface area contributed by atoms with Gasteiger partial charge in [-0.15, -0.1) is 0 Å². The quantitative estimate of drug-likeness (QED) is 0.926. The highest BCUT2D eigenvalue weighted by atomic mass is 19.1. The van der Waals surface area contributed by atoms with Crippen molar-refractivity contribution in [2.24, 2.45) is 5.92 Å². The molecule has 1 aliphatic heterocycles. The van der Waals surface area contributed by atoms with Crippen LogP contribution < -0.4 is 5.32 Å². The number of likely N-dealkylation sites (tertiary alicyclic amines) is 1. The summed E-state index contributed by atoms with van der Waals surface area (Å²) in [5, 5.41) is 2.75. The maximum absolute atomic E-state index is 13.6. The van der Waals surface area contributed by atoms with Gasteiger partial charge in [0.05, 0.1) is 12.0 Å². The van der Waals surface area contributed by atoms with Gasteiger partial charge in [-0.25, -0.2) is 8.78 Å². The third-order valence-electron chi connectivity index (χ3n) is 4.50. The van der Waals surface area contributed by atoms with Gasteiger partial charge in [0.25, 0.3) is 0 Å². The van der Waals surface area contributed by atoms with Gasteiger partial charge in [-0.1, -0.05) is 12.1 Å². The highest BCUT2D eigenvalue weighted by molar-refractivity contribution is 5.94. The van der Waals surface area contributed by atoms with Crippen LogP contribution in [0.3, 0.4) is 0 Å².